The van der Waals surface area contributed by atoms with Crippen molar-refractivity contribution in [2.24, 2.45) is 0 Å². The molecule has 0 unspecified atom stereocenters. The molecule has 5 nitrogen and oxygen atoms in total. The van der Waals surface area contributed by atoms with E-state index in [0.29, 0.717) is 39.6 Å². The van der Waals surface area contributed by atoms with Crippen LogP contribution < -0.4 is 0 Å². The van der Waals surface area contributed by atoms with Crippen molar-refractivity contribution in [2.45, 2.75) is 89.0 Å². The zero-order valence-corrected chi connectivity index (χ0v) is 21.0. The van der Waals surface area contributed by atoms with Gasteiger partial charge in [0.1, 0.15) is 0 Å². The second-order valence-electron chi connectivity index (χ2n) is 9.67. The SMILES string of the molecule is c1ccc(CO[C@@H]2CCCC[C@@H]2OCCOCCO[C@H]2CCCC[C@H]2OCc2ccccc2)cc1. The summed E-state index contributed by atoms with van der Waals surface area (Å²) >= 11 is 0. The van der Waals surface area contributed by atoms with E-state index in [1.807, 2.05) is 12.1 Å². The molecule has 192 valence electrons. The molecule has 0 aromatic heterocycles. The fraction of sp³-hybridized carbons (Fsp3) is 0.600. The van der Waals surface area contributed by atoms with E-state index in [1.165, 1.54) is 36.8 Å². The van der Waals surface area contributed by atoms with Gasteiger partial charge in [0.2, 0.25) is 0 Å². The zero-order valence-electron chi connectivity index (χ0n) is 21.0. The molecule has 0 heterocycles. The van der Waals surface area contributed by atoms with Crippen LogP contribution in [0.25, 0.3) is 0 Å². The fourth-order valence-corrected chi connectivity index (χ4v) is 5.06. The van der Waals surface area contributed by atoms with Crippen molar-refractivity contribution in [3.8, 4) is 0 Å². The van der Waals surface area contributed by atoms with Gasteiger partial charge in [0.05, 0.1) is 64.1 Å². The summed E-state index contributed by atoms with van der Waals surface area (Å²) in [6.07, 6.45) is 9.78. The molecule has 2 aliphatic rings. The summed E-state index contributed by atoms with van der Waals surface area (Å²) in [4.78, 5) is 0. The predicted octanol–water partition coefficient (Wildman–Crippen LogP) is 6.09. The normalized spacial score (nSPS) is 24.9. The Balaban J connectivity index is 1.07. The number of hydrogen-bond acceptors (Lipinski definition) is 5. The van der Waals surface area contributed by atoms with Crippen LogP contribution in [0.15, 0.2) is 60.7 Å². The van der Waals surface area contributed by atoms with Crippen molar-refractivity contribution in [3.05, 3.63) is 71.8 Å². The standard InChI is InChI=1S/C30H42O5/c1-3-11-25(12-4-1)23-34-29-17-9-7-15-27(29)32-21-19-31-20-22-33-28-16-8-10-18-30(28)35-24-26-13-5-2-6-14-26/h1-6,11-14,27-30H,7-10,15-24H2/t27-,28-,29+,30+/m0/s1. The third kappa shape index (κ3) is 9.32. The van der Waals surface area contributed by atoms with E-state index in [1.54, 1.807) is 0 Å². The van der Waals surface area contributed by atoms with Crippen LogP contribution in [0.1, 0.15) is 62.5 Å². The van der Waals surface area contributed by atoms with Gasteiger partial charge in [-0.2, -0.15) is 0 Å². The molecule has 0 bridgehead atoms. The molecule has 2 saturated carbocycles. The molecule has 0 N–H and O–H groups in total. The van der Waals surface area contributed by atoms with E-state index < -0.39 is 0 Å². The first-order valence-corrected chi connectivity index (χ1v) is 13.5. The second-order valence-corrected chi connectivity index (χ2v) is 9.67. The summed E-state index contributed by atoms with van der Waals surface area (Å²) in [5.41, 5.74) is 2.43. The molecule has 0 aliphatic heterocycles. The summed E-state index contributed by atoms with van der Waals surface area (Å²) in [5, 5.41) is 0. The minimum atomic E-state index is 0.164. The molecule has 2 aromatic carbocycles. The third-order valence-corrected chi connectivity index (χ3v) is 7.02. The van der Waals surface area contributed by atoms with Gasteiger partial charge >= 0.3 is 0 Å². The monoisotopic (exact) mass is 482 g/mol. The molecule has 4 atom stereocenters. The zero-order chi connectivity index (χ0) is 24.0. The van der Waals surface area contributed by atoms with Crippen molar-refractivity contribution >= 4 is 0 Å². The fourth-order valence-electron chi connectivity index (χ4n) is 5.06. The molecule has 5 heteroatoms. The lowest BCUT2D eigenvalue weighted by atomic mass is 9.94. The highest BCUT2D eigenvalue weighted by Gasteiger charge is 2.27. The maximum Gasteiger partial charge on any atom is 0.0841 e. The van der Waals surface area contributed by atoms with Crippen molar-refractivity contribution in [1.29, 1.82) is 0 Å². The molecule has 0 spiro atoms. The lowest BCUT2D eigenvalue weighted by Crippen LogP contribution is -2.36. The number of rotatable bonds is 14. The number of hydrogen-bond donors (Lipinski definition) is 0. The van der Waals surface area contributed by atoms with Gasteiger partial charge in [0.15, 0.2) is 0 Å². The van der Waals surface area contributed by atoms with Crippen molar-refractivity contribution in [1.82, 2.24) is 0 Å². The highest BCUT2D eigenvalue weighted by Crippen LogP contribution is 2.26. The second kappa shape index (κ2) is 15.4. The van der Waals surface area contributed by atoms with E-state index in [0.717, 1.165) is 25.7 Å². The highest BCUT2D eigenvalue weighted by atomic mass is 16.6. The van der Waals surface area contributed by atoms with Gasteiger partial charge < -0.3 is 23.7 Å². The van der Waals surface area contributed by atoms with Gasteiger partial charge in [-0.05, 0) is 36.8 Å². The van der Waals surface area contributed by atoms with Crippen LogP contribution in [-0.2, 0) is 36.9 Å². The van der Waals surface area contributed by atoms with E-state index in [9.17, 15) is 0 Å². The molecule has 0 saturated heterocycles. The first kappa shape index (κ1) is 26.3. The van der Waals surface area contributed by atoms with Crippen molar-refractivity contribution in [3.63, 3.8) is 0 Å². The van der Waals surface area contributed by atoms with Crippen LogP contribution in [0.4, 0.5) is 0 Å². The van der Waals surface area contributed by atoms with Crippen LogP contribution in [0.3, 0.4) is 0 Å². The molecule has 0 radical (unpaired) electrons. The maximum atomic E-state index is 6.20. The van der Waals surface area contributed by atoms with E-state index in [4.69, 9.17) is 23.7 Å². The van der Waals surface area contributed by atoms with Crippen LogP contribution >= 0.6 is 0 Å². The first-order chi connectivity index (χ1) is 17.4. The molecular weight excluding hydrogens is 440 g/mol. The Labute approximate surface area is 211 Å². The Kier molecular flexibility index (Phi) is 11.6. The van der Waals surface area contributed by atoms with E-state index in [-0.39, 0.29) is 24.4 Å². The third-order valence-electron chi connectivity index (χ3n) is 7.02. The van der Waals surface area contributed by atoms with E-state index in [2.05, 4.69) is 48.5 Å². The molecule has 4 rings (SSSR count). The van der Waals surface area contributed by atoms with E-state index >= 15 is 0 Å². The molecular formula is C30H42O5. The average Bonchev–Trinajstić information content (AvgIpc) is 2.92. The maximum absolute atomic E-state index is 6.20. The smallest absolute Gasteiger partial charge is 0.0841 e. The minimum Gasteiger partial charge on any atom is -0.377 e. The predicted molar refractivity (Wildman–Crippen MR) is 137 cm³/mol. The summed E-state index contributed by atoms with van der Waals surface area (Å²) in [6.45, 7) is 3.67. The molecule has 2 aromatic rings. The van der Waals surface area contributed by atoms with Gasteiger partial charge in [0.25, 0.3) is 0 Å². The first-order valence-electron chi connectivity index (χ1n) is 13.5. The number of ether oxygens (including phenoxy) is 5. The lowest BCUT2D eigenvalue weighted by Gasteiger charge is -2.32. The van der Waals surface area contributed by atoms with Gasteiger partial charge in [0, 0.05) is 0 Å². The van der Waals surface area contributed by atoms with Crippen molar-refractivity contribution < 1.29 is 23.7 Å². The molecule has 0 amide bonds. The van der Waals surface area contributed by atoms with Gasteiger partial charge in [-0.15, -0.1) is 0 Å². The van der Waals surface area contributed by atoms with Crippen LogP contribution in [0, 0.1) is 0 Å². The topological polar surface area (TPSA) is 46.2 Å². The van der Waals surface area contributed by atoms with Gasteiger partial charge in [-0.25, -0.2) is 0 Å². The van der Waals surface area contributed by atoms with Gasteiger partial charge in [-0.3, -0.25) is 0 Å². The van der Waals surface area contributed by atoms with Crippen LogP contribution in [0.5, 0.6) is 0 Å². The quantitative estimate of drug-likeness (QED) is 0.305. The summed E-state index contributed by atoms with van der Waals surface area (Å²) in [7, 11) is 0. The minimum absolute atomic E-state index is 0.164. The van der Waals surface area contributed by atoms with Gasteiger partial charge in [-0.1, -0.05) is 86.3 Å². The Morgan fingerprint density at radius 1 is 0.457 bits per heavy atom. The molecule has 35 heavy (non-hydrogen) atoms. The summed E-state index contributed by atoms with van der Waals surface area (Å²) < 4.78 is 30.5. The summed E-state index contributed by atoms with van der Waals surface area (Å²) in [6, 6.07) is 20.7. The Morgan fingerprint density at radius 3 is 1.23 bits per heavy atom. The Morgan fingerprint density at radius 2 is 0.829 bits per heavy atom. The van der Waals surface area contributed by atoms with Crippen LogP contribution in [0.2, 0.25) is 0 Å². The molecule has 2 fully saturated rings. The van der Waals surface area contributed by atoms with Crippen molar-refractivity contribution in [2.75, 3.05) is 26.4 Å². The highest BCUT2D eigenvalue weighted by molar-refractivity contribution is 5.14. The average molecular weight is 483 g/mol. The Hall–Kier alpha value is -1.76. The Bertz CT molecular complexity index is 731. The molecule has 2 aliphatic carbocycles. The largest absolute Gasteiger partial charge is 0.377 e. The van der Waals surface area contributed by atoms with Crippen LogP contribution in [-0.4, -0.2) is 50.8 Å². The number of benzene rings is 2. The lowest BCUT2D eigenvalue weighted by molar-refractivity contribution is -0.118. The summed E-state index contributed by atoms with van der Waals surface area (Å²) in [5.74, 6) is 0.